The van der Waals surface area contributed by atoms with E-state index in [1.165, 1.54) is 11.3 Å². The van der Waals surface area contributed by atoms with Gasteiger partial charge in [0.2, 0.25) is 0 Å². The summed E-state index contributed by atoms with van der Waals surface area (Å²) in [4.78, 5) is 12.2. The number of thiophene rings is 1. The van der Waals surface area contributed by atoms with E-state index in [1.54, 1.807) is 24.3 Å². The molecule has 0 bridgehead atoms. The Hall–Kier alpha value is -1.32. The first-order valence-corrected chi connectivity index (χ1v) is 6.00. The van der Waals surface area contributed by atoms with Crippen LogP contribution in [0.1, 0.15) is 21.5 Å². The largest absolute Gasteiger partial charge is 0.390 e. The van der Waals surface area contributed by atoms with Gasteiger partial charge in [-0.25, -0.2) is 0 Å². The maximum absolute atomic E-state index is 12.2. The first kappa shape index (κ1) is 11.2. The Labute approximate surface area is 103 Å². The summed E-state index contributed by atoms with van der Waals surface area (Å²) < 4.78 is 0. The van der Waals surface area contributed by atoms with E-state index < -0.39 is 0 Å². The SMILES string of the molecule is Cc1csc(N)c1C(=O)c1ccccc1Cl. The topological polar surface area (TPSA) is 43.1 Å². The minimum absolute atomic E-state index is 0.109. The Morgan fingerprint density at radius 2 is 2.06 bits per heavy atom. The lowest BCUT2D eigenvalue weighted by Gasteiger charge is -2.03. The molecule has 0 radical (unpaired) electrons. The van der Waals surface area contributed by atoms with Crippen molar-refractivity contribution in [1.29, 1.82) is 0 Å². The molecule has 0 saturated carbocycles. The number of ketones is 1. The van der Waals surface area contributed by atoms with Crippen molar-refractivity contribution in [2.45, 2.75) is 6.92 Å². The molecule has 0 spiro atoms. The number of hydrogen-bond acceptors (Lipinski definition) is 3. The highest BCUT2D eigenvalue weighted by Crippen LogP contribution is 2.29. The van der Waals surface area contributed by atoms with Gasteiger partial charge in [0.25, 0.3) is 0 Å². The van der Waals surface area contributed by atoms with E-state index in [-0.39, 0.29) is 5.78 Å². The van der Waals surface area contributed by atoms with Crippen molar-refractivity contribution in [1.82, 2.24) is 0 Å². The lowest BCUT2D eigenvalue weighted by atomic mass is 10.0. The average Bonchev–Trinajstić information content (AvgIpc) is 2.58. The van der Waals surface area contributed by atoms with E-state index in [4.69, 9.17) is 17.3 Å². The maximum atomic E-state index is 12.2. The van der Waals surface area contributed by atoms with Crippen molar-refractivity contribution in [3.63, 3.8) is 0 Å². The van der Waals surface area contributed by atoms with Crippen molar-refractivity contribution in [3.8, 4) is 0 Å². The molecule has 2 N–H and O–H groups in total. The lowest BCUT2D eigenvalue weighted by Crippen LogP contribution is -2.05. The molecule has 0 fully saturated rings. The molecule has 0 unspecified atom stereocenters. The summed E-state index contributed by atoms with van der Waals surface area (Å²) in [6, 6.07) is 6.99. The highest BCUT2D eigenvalue weighted by Gasteiger charge is 2.18. The molecule has 0 atom stereocenters. The van der Waals surface area contributed by atoms with E-state index in [0.717, 1.165) is 5.56 Å². The predicted octanol–water partition coefficient (Wildman–Crippen LogP) is 3.52. The summed E-state index contributed by atoms with van der Waals surface area (Å²) in [5, 5.41) is 2.87. The molecule has 2 nitrogen and oxygen atoms in total. The first-order valence-electron chi connectivity index (χ1n) is 4.74. The van der Waals surface area contributed by atoms with Gasteiger partial charge in [0.1, 0.15) is 0 Å². The van der Waals surface area contributed by atoms with Gasteiger partial charge in [-0.15, -0.1) is 11.3 Å². The number of benzene rings is 1. The monoisotopic (exact) mass is 251 g/mol. The molecule has 0 aliphatic heterocycles. The molecule has 0 aliphatic rings. The number of halogens is 1. The van der Waals surface area contributed by atoms with Crippen molar-refractivity contribution in [2.24, 2.45) is 0 Å². The fourth-order valence-corrected chi connectivity index (χ4v) is 2.55. The summed E-state index contributed by atoms with van der Waals surface area (Å²) >= 11 is 7.36. The Balaban J connectivity index is 2.52. The normalized spacial score (nSPS) is 10.4. The molecule has 4 heteroatoms. The molecule has 0 amide bonds. The van der Waals surface area contributed by atoms with Crippen LogP contribution in [0.4, 0.5) is 5.00 Å². The Morgan fingerprint density at radius 1 is 1.38 bits per heavy atom. The molecular formula is C12H10ClNOS. The number of carbonyl (C=O) groups excluding carboxylic acids is 1. The minimum atomic E-state index is -0.109. The van der Waals surface area contributed by atoms with Crippen molar-refractivity contribution in [2.75, 3.05) is 5.73 Å². The highest BCUT2D eigenvalue weighted by molar-refractivity contribution is 7.14. The number of nitrogens with two attached hydrogens (primary N) is 1. The second kappa shape index (κ2) is 4.28. The molecule has 16 heavy (non-hydrogen) atoms. The molecule has 1 aromatic carbocycles. The summed E-state index contributed by atoms with van der Waals surface area (Å²) in [7, 11) is 0. The van der Waals surface area contributed by atoms with Gasteiger partial charge in [0.05, 0.1) is 15.6 Å². The molecule has 82 valence electrons. The third-order valence-corrected chi connectivity index (χ3v) is 3.61. The van der Waals surface area contributed by atoms with Crippen molar-refractivity contribution < 1.29 is 4.79 Å². The molecule has 0 saturated heterocycles. The van der Waals surface area contributed by atoms with Crippen LogP contribution in [0.5, 0.6) is 0 Å². The Kier molecular flexibility index (Phi) is 2.99. The van der Waals surface area contributed by atoms with Crippen LogP contribution in [0, 0.1) is 6.92 Å². The number of anilines is 1. The van der Waals surface area contributed by atoms with E-state index in [9.17, 15) is 4.79 Å². The maximum Gasteiger partial charge on any atom is 0.197 e. The Morgan fingerprint density at radius 3 is 2.62 bits per heavy atom. The standard InChI is InChI=1S/C12H10ClNOS/c1-7-6-16-12(14)10(7)11(15)8-4-2-3-5-9(8)13/h2-6H,14H2,1H3. The number of rotatable bonds is 2. The molecule has 0 aliphatic carbocycles. The van der Waals surface area contributed by atoms with E-state index in [0.29, 0.717) is 21.2 Å². The van der Waals surface area contributed by atoms with Gasteiger partial charge < -0.3 is 5.73 Å². The van der Waals surface area contributed by atoms with Crippen LogP contribution >= 0.6 is 22.9 Å². The van der Waals surface area contributed by atoms with Gasteiger partial charge in [0, 0.05) is 5.56 Å². The minimum Gasteiger partial charge on any atom is -0.390 e. The van der Waals surface area contributed by atoms with Crippen LogP contribution in [0.2, 0.25) is 5.02 Å². The second-order valence-electron chi connectivity index (χ2n) is 3.47. The summed E-state index contributed by atoms with van der Waals surface area (Å²) in [6.07, 6.45) is 0. The van der Waals surface area contributed by atoms with Crippen LogP contribution in [-0.4, -0.2) is 5.78 Å². The third-order valence-electron chi connectivity index (χ3n) is 2.35. The van der Waals surface area contributed by atoms with Crippen LogP contribution < -0.4 is 5.73 Å². The molecular weight excluding hydrogens is 242 g/mol. The van der Waals surface area contributed by atoms with Gasteiger partial charge in [-0.2, -0.15) is 0 Å². The summed E-state index contributed by atoms with van der Waals surface area (Å²) in [5.41, 5.74) is 7.75. The quantitative estimate of drug-likeness (QED) is 0.830. The first-order chi connectivity index (χ1) is 7.61. The highest BCUT2D eigenvalue weighted by atomic mass is 35.5. The molecule has 2 aromatic rings. The average molecular weight is 252 g/mol. The molecule has 1 heterocycles. The van der Waals surface area contributed by atoms with Crippen LogP contribution in [0.25, 0.3) is 0 Å². The van der Waals surface area contributed by atoms with Crippen LogP contribution in [0.3, 0.4) is 0 Å². The summed E-state index contributed by atoms with van der Waals surface area (Å²) in [6.45, 7) is 1.87. The number of carbonyl (C=O) groups is 1. The number of hydrogen-bond donors (Lipinski definition) is 1. The smallest absolute Gasteiger partial charge is 0.197 e. The number of nitrogen functional groups attached to an aromatic ring is 1. The van der Waals surface area contributed by atoms with Gasteiger partial charge in [-0.3, -0.25) is 4.79 Å². The van der Waals surface area contributed by atoms with E-state index in [2.05, 4.69) is 0 Å². The van der Waals surface area contributed by atoms with Crippen LogP contribution in [-0.2, 0) is 0 Å². The van der Waals surface area contributed by atoms with Gasteiger partial charge >= 0.3 is 0 Å². The second-order valence-corrected chi connectivity index (χ2v) is 4.79. The van der Waals surface area contributed by atoms with Crippen molar-refractivity contribution >= 4 is 33.7 Å². The zero-order chi connectivity index (χ0) is 11.7. The van der Waals surface area contributed by atoms with Gasteiger partial charge in [-0.05, 0) is 30.0 Å². The lowest BCUT2D eigenvalue weighted by molar-refractivity contribution is 0.103. The Bertz CT molecular complexity index is 528. The van der Waals surface area contributed by atoms with Crippen LogP contribution in [0.15, 0.2) is 29.6 Å². The van der Waals surface area contributed by atoms with Crippen molar-refractivity contribution in [3.05, 3.63) is 51.4 Å². The third kappa shape index (κ3) is 1.84. The van der Waals surface area contributed by atoms with E-state index >= 15 is 0 Å². The fraction of sp³-hybridized carbons (Fsp3) is 0.0833. The summed E-state index contributed by atoms with van der Waals surface area (Å²) in [5.74, 6) is -0.109. The van der Waals surface area contributed by atoms with Gasteiger partial charge in [0.15, 0.2) is 5.78 Å². The zero-order valence-electron chi connectivity index (χ0n) is 8.66. The molecule has 2 rings (SSSR count). The predicted molar refractivity (Wildman–Crippen MR) is 68.4 cm³/mol. The number of aryl methyl sites for hydroxylation is 1. The van der Waals surface area contributed by atoms with Gasteiger partial charge in [-0.1, -0.05) is 23.7 Å². The van der Waals surface area contributed by atoms with E-state index in [1.807, 2.05) is 12.3 Å². The zero-order valence-corrected chi connectivity index (χ0v) is 10.2. The molecule has 1 aromatic heterocycles. The fourth-order valence-electron chi connectivity index (χ4n) is 1.54.